The van der Waals surface area contributed by atoms with Crippen LogP contribution in [0.4, 0.5) is 13.2 Å². The Bertz CT molecular complexity index is 849. The van der Waals surface area contributed by atoms with Gasteiger partial charge in [0, 0.05) is 32.9 Å². The number of ether oxygens (including phenoxy) is 1. The molecule has 1 fully saturated rings. The standard InChI is InChI=1S/C21H28F3N5O/c1-3-25-20(26-9-5-6-16-13-27-28(2)14-16)29-10-11-30-19(15-29)17-7-4-8-18(12-17)21(22,23)24/h4,7-8,12-14,19H,3,5-6,9-11,15H2,1-2H3,(H,25,26). The molecule has 1 N–H and O–H groups in total. The van der Waals surface area contributed by atoms with Gasteiger partial charge in [-0.3, -0.25) is 9.67 Å². The van der Waals surface area contributed by atoms with Crippen molar-refractivity contribution in [1.82, 2.24) is 20.0 Å². The Morgan fingerprint density at radius 1 is 1.37 bits per heavy atom. The van der Waals surface area contributed by atoms with E-state index in [4.69, 9.17) is 9.73 Å². The number of nitrogens with zero attached hydrogens (tertiary/aromatic N) is 4. The van der Waals surface area contributed by atoms with Crippen LogP contribution in [-0.2, 0) is 24.4 Å². The molecule has 0 aliphatic carbocycles. The molecule has 1 aromatic heterocycles. The normalized spacial score (nSPS) is 18.0. The van der Waals surface area contributed by atoms with Gasteiger partial charge in [-0.25, -0.2) is 0 Å². The molecule has 1 aliphatic heterocycles. The molecule has 1 atom stereocenters. The van der Waals surface area contributed by atoms with E-state index in [1.54, 1.807) is 10.7 Å². The van der Waals surface area contributed by atoms with E-state index in [2.05, 4.69) is 15.3 Å². The van der Waals surface area contributed by atoms with Crippen LogP contribution in [0.5, 0.6) is 0 Å². The van der Waals surface area contributed by atoms with Crippen molar-refractivity contribution in [3.8, 4) is 0 Å². The molecular weight excluding hydrogens is 395 g/mol. The number of alkyl halides is 3. The van der Waals surface area contributed by atoms with Gasteiger partial charge in [-0.15, -0.1) is 0 Å². The second-order valence-corrected chi connectivity index (χ2v) is 7.29. The maximum atomic E-state index is 13.1. The largest absolute Gasteiger partial charge is 0.416 e. The molecule has 2 aromatic rings. The van der Waals surface area contributed by atoms with Gasteiger partial charge < -0.3 is 15.0 Å². The monoisotopic (exact) mass is 423 g/mol. The number of nitrogens with one attached hydrogen (secondary N) is 1. The third-order valence-electron chi connectivity index (χ3n) is 4.93. The summed E-state index contributed by atoms with van der Waals surface area (Å²) in [4.78, 5) is 6.77. The first-order valence-corrected chi connectivity index (χ1v) is 10.2. The predicted octanol–water partition coefficient (Wildman–Crippen LogP) is 3.41. The van der Waals surface area contributed by atoms with E-state index >= 15 is 0 Å². The highest BCUT2D eigenvalue weighted by atomic mass is 19.4. The van der Waals surface area contributed by atoms with Gasteiger partial charge in [-0.2, -0.15) is 18.3 Å². The average molecular weight is 423 g/mol. The van der Waals surface area contributed by atoms with Gasteiger partial charge >= 0.3 is 6.18 Å². The molecule has 30 heavy (non-hydrogen) atoms. The van der Waals surface area contributed by atoms with Crippen molar-refractivity contribution in [3.05, 3.63) is 53.3 Å². The minimum absolute atomic E-state index is 0.430. The summed E-state index contributed by atoms with van der Waals surface area (Å²) in [5, 5.41) is 7.45. The molecule has 0 bridgehead atoms. The minimum atomic E-state index is -4.37. The summed E-state index contributed by atoms with van der Waals surface area (Å²) >= 11 is 0. The smallest absolute Gasteiger partial charge is 0.370 e. The van der Waals surface area contributed by atoms with Crippen molar-refractivity contribution >= 4 is 5.96 Å². The van der Waals surface area contributed by atoms with Crippen molar-refractivity contribution in [2.75, 3.05) is 32.8 Å². The van der Waals surface area contributed by atoms with E-state index < -0.39 is 17.8 Å². The highest BCUT2D eigenvalue weighted by Gasteiger charge is 2.32. The molecule has 0 radical (unpaired) electrons. The number of aliphatic imine (C=N–C) groups is 1. The lowest BCUT2D eigenvalue weighted by atomic mass is 10.0. The average Bonchev–Trinajstić information content (AvgIpc) is 3.15. The fourth-order valence-corrected chi connectivity index (χ4v) is 3.45. The molecule has 0 saturated carbocycles. The van der Waals surface area contributed by atoms with Crippen LogP contribution in [0.1, 0.15) is 36.1 Å². The minimum Gasteiger partial charge on any atom is -0.370 e. The summed E-state index contributed by atoms with van der Waals surface area (Å²) in [5.41, 5.74) is 1.05. The van der Waals surface area contributed by atoms with Crippen LogP contribution in [0.2, 0.25) is 0 Å². The van der Waals surface area contributed by atoms with Crippen LogP contribution in [0.15, 0.2) is 41.7 Å². The van der Waals surface area contributed by atoms with Gasteiger partial charge in [0.15, 0.2) is 5.96 Å². The van der Waals surface area contributed by atoms with Crippen LogP contribution >= 0.6 is 0 Å². The van der Waals surface area contributed by atoms with Gasteiger partial charge in [0.05, 0.1) is 24.9 Å². The number of benzene rings is 1. The maximum Gasteiger partial charge on any atom is 0.416 e. The first kappa shape index (κ1) is 22.1. The zero-order valence-corrected chi connectivity index (χ0v) is 17.3. The van der Waals surface area contributed by atoms with Gasteiger partial charge in [-0.05, 0) is 43.0 Å². The zero-order chi connectivity index (χ0) is 21.6. The summed E-state index contributed by atoms with van der Waals surface area (Å²) < 4.78 is 46.7. The Hall–Kier alpha value is -2.55. The quantitative estimate of drug-likeness (QED) is 0.440. The number of guanidine groups is 1. The van der Waals surface area contributed by atoms with Crippen molar-refractivity contribution in [3.63, 3.8) is 0 Å². The number of morpholine rings is 1. The van der Waals surface area contributed by atoms with Crippen molar-refractivity contribution < 1.29 is 17.9 Å². The summed E-state index contributed by atoms with van der Waals surface area (Å²) in [6, 6.07) is 5.36. The Morgan fingerprint density at radius 2 is 2.20 bits per heavy atom. The van der Waals surface area contributed by atoms with Gasteiger partial charge in [-0.1, -0.05) is 12.1 Å². The highest BCUT2D eigenvalue weighted by Crippen LogP contribution is 2.32. The Kier molecular flexibility index (Phi) is 7.36. The number of hydrogen-bond acceptors (Lipinski definition) is 3. The van der Waals surface area contributed by atoms with Crippen molar-refractivity contribution in [2.24, 2.45) is 12.0 Å². The molecule has 164 valence electrons. The first-order valence-electron chi connectivity index (χ1n) is 10.2. The van der Waals surface area contributed by atoms with Crippen LogP contribution in [-0.4, -0.2) is 53.4 Å². The van der Waals surface area contributed by atoms with Crippen molar-refractivity contribution in [1.29, 1.82) is 0 Å². The van der Waals surface area contributed by atoms with Crippen LogP contribution < -0.4 is 5.32 Å². The summed E-state index contributed by atoms with van der Waals surface area (Å²) in [6.07, 6.45) is 0.844. The van der Waals surface area contributed by atoms with E-state index in [0.29, 0.717) is 38.3 Å². The number of halogens is 3. The fourth-order valence-electron chi connectivity index (χ4n) is 3.45. The molecule has 3 rings (SSSR count). The molecule has 6 nitrogen and oxygen atoms in total. The molecular formula is C21H28F3N5O. The summed E-state index contributed by atoms with van der Waals surface area (Å²) in [6.45, 7) is 4.90. The summed E-state index contributed by atoms with van der Waals surface area (Å²) in [5.74, 6) is 0.768. The van der Waals surface area contributed by atoms with Crippen LogP contribution in [0.25, 0.3) is 0 Å². The Morgan fingerprint density at radius 3 is 2.90 bits per heavy atom. The third kappa shape index (κ3) is 5.98. The van der Waals surface area contributed by atoms with Gasteiger partial charge in [0.1, 0.15) is 6.10 Å². The van der Waals surface area contributed by atoms with Crippen LogP contribution in [0.3, 0.4) is 0 Å². The number of hydrogen-bond donors (Lipinski definition) is 1. The second-order valence-electron chi connectivity index (χ2n) is 7.29. The number of aromatic nitrogens is 2. The topological polar surface area (TPSA) is 54.7 Å². The lowest BCUT2D eigenvalue weighted by Gasteiger charge is -2.35. The van der Waals surface area contributed by atoms with E-state index in [9.17, 15) is 13.2 Å². The van der Waals surface area contributed by atoms with Crippen molar-refractivity contribution in [2.45, 2.75) is 32.0 Å². The SMILES string of the molecule is CCNC(=NCCCc1cnn(C)c1)N1CCOC(c2cccc(C(F)(F)F)c2)C1. The van der Waals surface area contributed by atoms with E-state index in [1.807, 2.05) is 26.4 Å². The fraction of sp³-hybridized carbons (Fsp3) is 0.524. The van der Waals surface area contributed by atoms with E-state index in [0.717, 1.165) is 24.9 Å². The van der Waals surface area contributed by atoms with Gasteiger partial charge in [0.2, 0.25) is 0 Å². The lowest BCUT2D eigenvalue weighted by Crippen LogP contribution is -2.48. The van der Waals surface area contributed by atoms with Gasteiger partial charge in [0.25, 0.3) is 0 Å². The molecule has 9 heteroatoms. The molecule has 0 spiro atoms. The summed E-state index contributed by atoms with van der Waals surface area (Å²) in [7, 11) is 1.89. The maximum absolute atomic E-state index is 13.1. The number of aryl methyl sites for hydroxylation is 2. The molecule has 1 aromatic carbocycles. The Labute approximate surface area is 174 Å². The zero-order valence-electron chi connectivity index (χ0n) is 17.3. The third-order valence-corrected chi connectivity index (χ3v) is 4.93. The molecule has 1 unspecified atom stereocenters. The molecule has 0 amide bonds. The second kappa shape index (κ2) is 9.97. The number of rotatable bonds is 6. The van der Waals surface area contributed by atoms with E-state index in [-0.39, 0.29) is 0 Å². The first-order chi connectivity index (χ1) is 14.4. The predicted molar refractivity (Wildman–Crippen MR) is 109 cm³/mol. The molecule has 1 aliphatic rings. The molecule has 1 saturated heterocycles. The van der Waals surface area contributed by atoms with E-state index in [1.165, 1.54) is 17.7 Å². The molecule has 2 heterocycles. The van der Waals surface area contributed by atoms with Crippen LogP contribution in [0, 0.1) is 0 Å². The Balaban J connectivity index is 1.63. The lowest BCUT2D eigenvalue weighted by molar-refractivity contribution is -0.137. The highest BCUT2D eigenvalue weighted by molar-refractivity contribution is 5.80.